The van der Waals surface area contributed by atoms with Gasteiger partial charge in [-0.15, -0.1) is 0 Å². The molecule has 0 bridgehead atoms. The Balaban J connectivity index is 1.96. The lowest BCUT2D eigenvalue weighted by Crippen LogP contribution is -2.26. The highest BCUT2D eigenvalue weighted by atomic mass is 15.1. The summed E-state index contributed by atoms with van der Waals surface area (Å²) in [4.78, 5) is 2.59. The van der Waals surface area contributed by atoms with E-state index in [2.05, 4.69) is 48.3 Å². The van der Waals surface area contributed by atoms with Gasteiger partial charge in [-0.25, -0.2) is 0 Å². The van der Waals surface area contributed by atoms with E-state index in [0.717, 1.165) is 32.1 Å². The van der Waals surface area contributed by atoms with Gasteiger partial charge in [0.25, 0.3) is 0 Å². The van der Waals surface area contributed by atoms with E-state index in [1.54, 1.807) is 0 Å². The van der Waals surface area contributed by atoms with E-state index in [0.29, 0.717) is 0 Å². The molecule has 1 aromatic carbocycles. The van der Waals surface area contributed by atoms with Crippen molar-refractivity contribution >= 4 is 0 Å². The second-order valence-electron chi connectivity index (χ2n) is 5.32. The predicted molar refractivity (Wildman–Crippen MR) is 77.5 cm³/mol. The monoisotopic (exact) mass is 246 g/mol. The Bertz CT molecular complexity index is 358. The summed E-state index contributed by atoms with van der Waals surface area (Å²) in [6, 6.07) is 8.84. The van der Waals surface area contributed by atoms with Crippen molar-refractivity contribution in [3.05, 3.63) is 35.4 Å². The Labute approximate surface area is 111 Å². The largest absolute Gasteiger partial charge is 0.313 e. The molecule has 2 rings (SSSR count). The maximum Gasteiger partial charge on any atom is 0.0236 e. The van der Waals surface area contributed by atoms with Crippen LogP contribution >= 0.6 is 0 Å². The van der Waals surface area contributed by atoms with Gasteiger partial charge in [0.05, 0.1) is 0 Å². The average molecular weight is 246 g/mol. The SMILES string of the molecule is CCNCc1ccccc1CN(CC)CC1CC1. The minimum Gasteiger partial charge on any atom is -0.313 e. The van der Waals surface area contributed by atoms with Crippen LogP contribution in [0.5, 0.6) is 0 Å². The molecule has 0 radical (unpaired) electrons. The van der Waals surface area contributed by atoms with Gasteiger partial charge in [-0.05, 0) is 43.0 Å². The molecule has 1 aliphatic carbocycles. The molecule has 0 unspecified atom stereocenters. The fourth-order valence-electron chi connectivity index (χ4n) is 2.36. The number of rotatable bonds is 8. The highest BCUT2D eigenvalue weighted by Crippen LogP contribution is 2.30. The number of nitrogens with zero attached hydrogens (tertiary/aromatic N) is 1. The maximum absolute atomic E-state index is 3.43. The van der Waals surface area contributed by atoms with Crippen molar-refractivity contribution in [3.8, 4) is 0 Å². The van der Waals surface area contributed by atoms with Gasteiger partial charge < -0.3 is 5.32 Å². The van der Waals surface area contributed by atoms with Crippen LogP contribution in [0.2, 0.25) is 0 Å². The second kappa shape index (κ2) is 6.91. The van der Waals surface area contributed by atoms with E-state index in [9.17, 15) is 0 Å². The fraction of sp³-hybridized carbons (Fsp3) is 0.625. The van der Waals surface area contributed by atoms with Crippen LogP contribution < -0.4 is 5.32 Å². The first-order valence-corrected chi connectivity index (χ1v) is 7.33. The van der Waals surface area contributed by atoms with Crippen LogP contribution in [0.4, 0.5) is 0 Å². The number of hydrogen-bond acceptors (Lipinski definition) is 2. The Hall–Kier alpha value is -0.860. The molecule has 1 fully saturated rings. The summed E-state index contributed by atoms with van der Waals surface area (Å²) in [5.41, 5.74) is 2.94. The van der Waals surface area contributed by atoms with Gasteiger partial charge in [0.1, 0.15) is 0 Å². The molecule has 0 aromatic heterocycles. The molecule has 18 heavy (non-hydrogen) atoms. The lowest BCUT2D eigenvalue weighted by molar-refractivity contribution is 0.267. The molecular formula is C16H26N2. The number of nitrogens with one attached hydrogen (secondary N) is 1. The van der Waals surface area contributed by atoms with E-state index in [-0.39, 0.29) is 0 Å². The molecule has 0 atom stereocenters. The van der Waals surface area contributed by atoms with Gasteiger partial charge in [-0.1, -0.05) is 38.1 Å². The molecule has 1 saturated carbocycles. The molecule has 100 valence electrons. The molecule has 0 heterocycles. The number of hydrogen-bond donors (Lipinski definition) is 1. The molecular weight excluding hydrogens is 220 g/mol. The quantitative estimate of drug-likeness (QED) is 0.758. The Morgan fingerprint density at radius 2 is 1.89 bits per heavy atom. The van der Waals surface area contributed by atoms with Crippen molar-refractivity contribution in [1.29, 1.82) is 0 Å². The molecule has 2 heteroatoms. The zero-order valence-electron chi connectivity index (χ0n) is 11.8. The van der Waals surface area contributed by atoms with Crippen LogP contribution in [0.15, 0.2) is 24.3 Å². The van der Waals surface area contributed by atoms with Crippen LogP contribution in [0.3, 0.4) is 0 Å². The first-order valence-electron chi connectivity index (χ1n) is 7.33. The minimum absolute atomic E-state index is 0.978. The molecule has 1 aromatic rings. The van der Waals surface area contributed by atoms with Gasteiger partial charge in [0, 0.05) is 19.6 Å². The van der Waals surface area contributed by atoms with E-state index in [1.165, 1.54) is 30.5 Å². The standard InChI is InChI=1S/C16H26N2/c1-3-17-11-15-7-5-6-8-16(15)13-18(4-2)12-14-9-10-14/h5-8,14,17H,3-4,9-13H2,1-2H3. The zero-order chi connectivity index (χ0) is 12.8. The van der Waals surface area contributed by atoms with E-state index in [1.807, 2.05) is 0 Å². The summed E-state index contributed by atoms with van der Waals surface area (Å²) in [6.07, 6.45) is 2.88. The molecule has 0 saturated heterocycles. The van der Waals surface area contributed by atoms with Gasteiger partial charge in [0.2, 0.25) is 0 Å². The van der Waals surface area contributed by atoms with Crippen LogP contribution in [-0.4, -0.2) is 24.5 Å². The average Bonchev–Trinajstić information content (AvgIpc) is 3.21. The normalized spacial score (nSPS) is 15.3. The summed E-state index contributed by atoms with van der Waals surface area (Å²) in [5, 5.41) is 3.43. The third-order valence-electron chi connectivity index (χ3n) is 3.74. The summed E-state index contributed by atoms with van der Waals surface area (Å²) in [7, 11) is 0. The van der Waals surface area contributed by atoms with Crippen molar-refractivity contribution < 1.29 is 0 Å². The summed E-state index contributed by atoms with van der Waals surface area (Å²) in [6.45, 7) is 10.0. The maximum atomic E-state index is 3.43. The summed E-state index contributed by atoms with van der Waals surface area (Å²) in [5.74, 6) is 0.978. The van der Waals surface area contributed by atoms with Gasteiger partial charge in [-0.2, -0.15) is 0 Å². The highest BCUT2D eigenvalue weighted by molar-refractivity contribution is 5.27. The Morgan fingerprint density at radius 3 is 2.50 bits per heavy atom. The Morgan fingerprint density at radius 1 is 1.17 bits per heavy atom. The Kier molecular flexibility index (Phi) is 5.21. The van der Waals surface area contributed by atoms with Gasteiger partial charge >= 0.3 is 0 Å². The highest BCUT2D eigenvalue weighted by Gasteiger charge is 2.23. The first kappa shape index (κ1) is 13.6. The molecule has 0 amide bonds. The molecule has 1 N–H and O–H groups in total. The zero-order valence-corrected chi connectivity index (χ0v) is 11.8. The van der Waals surface area contributed by atoms with E-state index >= 15 is 0 Å². The van der Waals surface area contributed by atoms with E-state index in [4.69, 9.17) is 0 Å². The third-order valence-corrected chi connectivity index (χ3v) is 3.74. The van der Waals surface area contributed by atoms with Gasteiger partial charge in [0.15, 0.2) is 0 Å². The van der Waals surface area contributed by atoms with Crippen LogP contribution in [-0.2, 0) is 13.1 Å². The number of benzene rings is 1. The second-order valence-corrected chi connectivity index (χ2v) is 5.32. The lowest BCUT2D eigenvalue weighted by Gasteiger charge is -2.22. The summed E-state index contributed by atoms with van der Waals surface area (Å²) < 4.78 is 0. The van der Waals surface area contributed by atoms with Gasteiger partial charge in [-0.3, -0.25) is 4.90 Å². The fourth-order valence-corrected chi connectivity index (χ4v) is 2.36. The molecule has 0 aliphatic heterocycles. The smallest absolute Gasteiger partial charge is 0.0236 e. The first-order chi connectivity index (χ1) is 8.83. The minimum atomic E-state index is 0.978. The van der Waals surface area contributed by atoms with Crippen LogP contribution in [0.1, 0.15) is 37.8 Å². The lowest BCUT2D eigenvalue weighted by atomic mass is 10.1. The van der Waals surface area contributed by atoms with Crippen LogP contribution in [0, 0.1) is 5.92 Å². The van der Waals surface area contributed by atoms with E-state index < -0.39 is 0 Å². The topological polar surface area (TPSA) is 15.3 Å². The molecule has 2 nitrogen and oxygen atoms in total. The van der Waals surface area contributed by atoms with Crippen molar-refractivity contribution in [2.45, 2.75) is 39.8 Å². The van der Waals surface area contributed by atoms with Crippen molar-refractivity contribution in [1.82, 2.24) is 10.2 Å². The molecule has 1 aliphatic rings. The molecule has 0 spiro atoms. The van der Waals surface area contributed by atoms with Crippen LogP contribution in [0.25, 0.3) is 0 Å². The predicted octanol–water partition coefficient (Wildman–Crippen LogP) is 3.03. The van der Waals surface area contributed by atoms with Crippen molar-refractivity contribution in [2.75, 3.05) is 19.6 Å². The summed E-state index contributed by atoms with van der Waals surface area (Å²) >= 11 is 0. The van der Waals surface area contributed by atoms with Crippen molar-refractivity contribution in [2.24, 2.45) is 5.92 Å². The third kappa shape index (κ3) is 4.11. The van der Waals surface area contributed by atoms with Crippen molar-refractivity contribution in [3.63, 3.8) is 0 Å².